The predicted octanol–water partition coefficient (Wildman–Crippen LogP) is 2.95. The molecule has 132 valence electrons. The summed E-state index contributed by atoms with van der Waals surface area (Å²) in [7, 11) is 0. The quantitative estimate of drug-likeness (QED) is 0.623. The number of aromatic nitrogens is 2. The van der Waals surface area contributed by atoms with Crippen molar-refractivity contribution in [3.05, 3.63) is 28.6 Å². The molecule has 2 atom stereocenters. The van der Waals surface area contributed by atoms with Gasteiger partial charge in [-0.3, -0.25) is 14.8 Å². The first-order chi connectivity index (χ1) is 11.1. The summed E-state index contributed by atoms with van der Waals surface area (Å²) in [5.41, 5.74) is -0.705. The van der Waals surface area contributed by atoms with Crippen molar-refractivity contribution in [2.24, 2.45) is 0 Å². The fourth-order valence-electron chi connectivity index (χ4n) is 2.63. The number of hydrogen-bond donors (Lipinski definition) is 0. The van der Waals surface area contributed by atoms with Crippen molar-refractivity contribution in [2.45, 2.75) is 45.0 Å². The second kappa shape index (κ2) is 6.58. The number of halogens is 1. The van der Waals surface area contributed by atoms with Crippen LogP contribution in [0, 0.1) is 10.1 Å². The molecule has 8 nitrogen and oxygen atoms in total. The third-order valence-electron chi connectivity index (χ3n) is 3.68. The van der Waals surface area contributed by atoms with Gasteiger partial charge in [0.25, 0.3) is 0 Å². The second-order valence-electron chi connectivity index (χ2n) is 6.62. The van der Waals surface area contributed by atoms with Gasteiger partial charge in [0.15, 0.2) is 0 Å². The lowest BCUT2D eigenvalue weighted by molar-refractivity contribution is -0.385. The Labute approximate surface area is 139 Å². The summed E-state index contributed by atoms with van der Waals surface area (Å²) in [4.78, 5) is 23.7. The first-order valence-corrected chi connectivity index (χ1v) is 7.60. The van der Waals surface area contributed by atoms with Gasteiger partial charge in [0.1, 0.15) is 23.7 Å². The summed E-state index contributed by atoms with van der Waals surface area (Å²) >= 11 is 0. The van der Waals surface area contributed by atoms with E-state index in [0.717, 1.165) is 6.20 Å². The Kier molecular flexibility index (Phi) is 4.91. The molecule has 24 heavy (non-hydrogen) atoms. The lowest BCUT2D eigenvalue weighted by Crippen LogP contribution is -2.47. The Hall–Kier alpha value is -2.45. The third kappa shape index (κ3) is 3.72. The molecular formula is C15H21FN4O4. The van der Waals surface area contributed by atoms with E-state index in [9.17, 15) is 19.3 Å². The Bertz CT molecular complexity index is 652. The average molecular weight is 340 g/mol. The molecule has 1 fully saturated rings. The molecule has 1 saturated heterocycles. The number of piperidine rings is 1. The van der Waals surface area contributed by atoms with E-state index < -0.39 is 28.8 Å². The minimum Gasteiger partial charge on any atom is -0.444 e. The topological polar surface area (TPSA) is 90.5 Å². The van der Waals surface area contributed by atoms with Crippen molar-refractivity contribution in [1.82, 2.24) is 14.7 Å². The number of nitro groups is 1. The number of likely N-dealkylation sites (tertiary alicyclic amines) is 1. The summed E-state index contributed by atoms with van der Waals surface area (Å²) < 4.78 is 21.1. The molecule has 1 aliphatic heterocycles. The van der Waals surface area contributed by atoms with Crippen LogP contribution in [-0.4, -0.2) is 50.6 Å². The highest BCUT2D eigenvalue weighted by molar-refractivity contribution is 5.68. The van der Waals surface area contributed by atoms with Crippen molar-refractivity contribution < 1.29 is 18.8 Å². The maximum Gasteiger partial charge on any atom is 0.410 e. The number of carbonyl (C=O) groups excluding carboxylic acids is 1. The molecule has 1 aliphatic rings. The van der Waals surface area contributed by atoms with Crippen LogP contribution >= 0.6 is 0 Å². The molecule has 0 aliphatic carbocycles. The zero-order valence-corrected chi connectivity index (χ0v) is 13.9. The normalized spacial score (nSPS) is 21.4. The van der Waals surface area contributed by atoms with Gasteiger partial charge in [-0.15, -0.1) is 0 Å². The number of rotatable bonds is 3. The SMILES string of the molecule is C=Cc1c([N+](=O)[O-])cnn1[C@@H]1CCN(C(=O)OC(C)(C)C)C[C@H]1F. The van der Waals surface area contributed by atoms with Gasteiger partial charge in [-0.1, -0.05) is 6.58 Å². The first-order valence-electron chi connectivity index (χ1n) is 7.60. The minimum absolute atomic E-state index is 0.149. The van der Waals surface area contributed by atoms with Gasteiger partial charge in [0.2, 0.25) is 0 Å². The molecule has 2 heterocycles. The van der Waals surface area contributed by atoms with Crippen LogP contribution in [-0.2, 0) is 4.74 Å². The second-order valence-corrected chi connectivity index (χ2v) is 6.62. The first kappa shape index (κ1) is 17.9. The van der Waals surface area contributed by atoms with Gasteiger partial charge in [0, 0.05) is 6.54 Å². The van der Waals surface area contributed by atoms with E-state index in [1.165, 1.54) is 15.7 Å². The number of alkyl halides is 1. The molecule has 9 heteroatoms. The molecule has 0 bridgehead atoms. The van der Waals surface area contributed by atoms with Crippen LogP contribution in [0.5, 0.6) is 0 Å². The number of nitrogens with zero attached hydrogens (tertiary/aromatic N) is 4. The molecule has 1 amide bonds. The lowest BCUT2D eigenvalue weighted by Gasteiger charge is -2.35. The zero-order chi connectivity index (χ0) is 18.1. The molecule has 0 radical (unpaired) electrons. The number of ether oxygens (including phenoxy) is 1. The van der Waals surface area contributed by atoms with Crippen molar-refractivity contribution >= 4 is 17.9 Å². The standard InChI is InChI=1S/C15H21FN4O4/c1-5-11-13(20(22)23)8-17-19(11)12-6-7-18(9-10(12)16)14(21)24-15(2,3)4/h5,8,10,12H,1,6-7,9H2,2-4H3/t10-,12-/m1/s1. The van der Waals surface area contributed by atoms with Crippen molar-refractivity contribution in [3.8, 4) is 0 Å². The molecule has 0 unspecified atom stereocenters. The maximum atomic E-state index is 14.6. The van der Waals surface area contributed by atoms with Gasteiger partial charge in [-0.2, -0.15) is 5.10 Å². The molecule has 2 rings (SSSR count). The highest BCUT2D eigenvalue weighted by Crippen LogP contribution is 2.30. The van der Waals surface area contributed by atoms with E-state index in [1.807, 2.05) is 0 Å². The Morgan fingerprint density at radius 2 is 2.25 bits per heavy atom. The Morgan fingerprint density at radius 1 is 1.58 bits per heavy atom. The van der Waals surface area contributed by atoms with E-state index >= 15 is 0 Å². The molecule has 0 N–H and O–H groups in total. The molecular weight excluding hydrogens is 319 g/mol. The zero-order valence-electron chi connectivity index (χ0n) is 13.9. The minimum atomic E-state index is -1.41. The number of carbonyl (C=O) groups is 1. The van der Waals surface area contributed by atoms with E-state index in [1.54, 1.807) is 20.8 Å². The van der Waals surface area contributed by atoms with E-state index in [-0.39, 0.29) is 30.9 Å². The number of hydrogen-bond acceptors (Lipinski definition) is 5. The summed E-state index contributed by atoms with van der Waals surface area (Å²) in [6.07, 6.45) is 0.672. The largest absolute Gasteiger partial charge is 0.444 e. The maximum absolute atomic E-state index is 14.6. The van der Waals surface area contributed by atoms with E-state index in [4.69, 9.17) is 4.74 Å². The average Bonchev–Trinajstić information content (AvgIpc) is 2.89. The summed E-state index contributed by atoms with van der Waals surface area (Å²) in [6.45, 7) is 8.89. The highest BCUT2D eigenvalue weighted by atomic mass is 19.1. The van der Waals surface area contributed by atoms with Crippen molar-refractivity contribution in [3.63, 3.8) is 0 Å². The lowest BCUT2D eigenvalue weighted by atomic mass is 10.0. The summed E-state index contributed by atoms with van der Waals surface area (Å²) in [6, 6.07) is -0.689. The molecule has 1 aromatic rings. The predicted molar refractivity (Wildman–Crippen MR) is 85.3 cm³/mol. The van der Waals surface area contributed by atoms with Gasteiger partial charge >= 0.3 is 11.8 Å². The fraction of sp³-hybridized carbons (Fsp3) is 0.600. The summed E-state index contributed by atoms with van der Waals surface area (Å²) in [5, 5.41) is 14.9. The highest BCUT2D eigenvalue weighted by Gasteiger charge is 2.37. The Balaban J connectivity index is 2.13. The molecule has 0 aromatic carbocycles. The van der Waals surface area contributed by atoms with E-state index in [2.05, 4.69) is 11.7 Å². The van der Waals surface area contributed by atoms with Crippen LogP contribution < -0.4 is 0 Å². The van der Waals surface area contributed by atoms with Crippen LogP contribution in [0.25, 0.3) is 6.08 Å². The molecule has 0 spiro atoms. The summed E-state index contributed by atoms with van der Waals surface area (Å²) in [5.74, 6) is 0. The van der Waals surface area contributed by atoms with Crippen molar-refractivity contribution in [1.29, 1.82) is 0 Å². The molecule has 0 saturated carbocycles. The monoisotopic (exact) mass is 340 g/mol. The van der Waals surface area contributed by atoms with Gasteiger partial charge in [0.05, 0.1) is 17.5 Å². The third-order valence-corrected chi connectivity index (χ3v) is 3.68. The Morgan fingerprint density at radius 3 is 2.75 bits per heavy atom. The smallest absolute Gasteiger partial charge is 0.410 e. The van der Waals surface area contributed by atoms with Crippen LogP contribution in [0.15, 0.2) is 12.8 Å². The fourth-order valence-corrected chi connectivity index (χ4v) is 2.63. The van der Waals surface area contributed by atoms with Gasteiger partial charge in [-0.25, -0.2) is 9.18 Å². The van der Waals surface area contributed by atoms with Crippen LogP contribution in [0.1, 0.15) is 38.9 Å². The van der Waals surface area contributed by atoms with Crippen LogP contribution in [0.3, 0.4) is 0 Å². The van der Waals surface area contributed by atoms with Crippen molar-refractivity contribution in [2.75, 3.05) is 13.1 Å². The van der Waals surface area contributed by atoms with E-state index in [0.29, 0.717) is 0 Å². The van der Waals surface area contributed by atoms with Gasteiger partial charge < -0.3 is 9.64 Å². The molecule has 1 aromatic heterocycles. The van der Waals surface area contributed by atoms with Crippen LogP contribution in [0.4, 0.5) is 14.9 Å². The van der Waals surface area contributed by atoms with Gasteiger partial charge in [-0.05, 0) is 33.3 Å². The van der Waals surface area contributed by atoms with Crippen LogP contribution in [0.2, 0.25) is 0 Å². The number of amides is 1.